The Hall–Kier alpha value is -2.18. The molecule has 27 heavy (non-hydrogen) atoms. The van der Waals surface area contributed by atoms with Crippen molar-refractivity contribution >= 4 is 5.91 Å². The quantitative estimate of drug-likeness (QED) is 0.776. The van der Waals surface area contributed by atoms with Crippen molar-refractivity contribution in [2.45, 2.75) is 32.7 Å². The van der Waals surface area contributed by atoms with Crippen molar-refractivity contribution in [1.82, 2.24) is 19.8 Å². The third-order valence-electron chi connectivity index (χ3n) is 5.51. The van der Waals surface area contributed by atoms with Crippen LogP contribution in [0.5, 0.6) is 0 Å². The average molecular weight is 370 g/mol. The summed E-state index contributed by atoms with van der Waals surface area (Å²) in [5, 5.41) is 3.16. The van der Waals surface area contributed by atoms with Gasteiger partial charge in [-0.2, -0.15) is 0 Å². The zero-order valence-electron chi connectivity index (χ0n) is 16.3. The maximum absolute atomic E-state index is 12.7. The van der Waals surface area contributed by atoms with E-state index in [0.717, 1.165) is 44.8 Å². The van der Waals surface area contributed by atoms with Crippen molar-refractivity contribution in [2.24, 2.45) is 5.92 Å². The lowest BCUT2D eigenvalue weighted by atomic mass is 9.92. The van der Waals surface area contributed by atoms with Gasteiger partial charge in [0.2, 0.25) is 0 Å². The Labute approximate surface area is 161 Å². The van der Waals surface area contributed by atoms with Crippen LogP contribution in [-0.4, -0.2) is 59.2 Å². The first-order valence-corrected chi connectivity index (χ1v) is 9.91. The van der Waals surface area contributed by atoms with Crippen molar-refractivity contribution < 1.29 is 9.53 Å². The summed E-state index contributed by atoms with van der Waals surface area (Å²) in [6.45, 7) is 8.58. The molecule has 6 heteroatoms. The van der Waals surface area contributed by atoms with Gasteiger partial charge in [0.15, 0.2) is 0 Å². The van der Waals surface area contributed by atoms with Gasteiger partial charge in [0.05, 0.1) is 19.5 Å². The largest absolute Gasteiger partial charge is 0.379 e. The first-order chi connectivity index (χ1) is 13.2. The second kappa shape index (κ2) is 9.67. The minimum absolute atomic E-state index is 0.0172. The lowest BCUT2D eigenvalue weighted by Gasteiger charge is -2.38. The number of benzene rings is 1. The molecule has 2 aromatic rings. The predicted molar refractivity (Wildman–Crippen MR) is 106 cm³/mol. The number of nitrogens with zero attached hydrogens (tertiary/aromatic N) is 3. The molecule has 1 aromatic heterocycles. The molecule has 146 valence electrons. The molecule has 1 amide bonds. The van der Waals surface area contributed by atoms with E-state index in [1.807, 2.05) is 35.0 Å². The highest BCUT2D eigenvalue weighted by Crippen LogP contribution is 2.20. The third-order valence-corrected chi connectivity index (χ3v) is 5.51. The summed E-state index contributed by atoms with van der Waals surface area (Å²) in [5.41, 5.74) is 1.68. The molecule has 0 bridgehead atoms. The highest BCUT2D eigenvalue weighted by Gasteiger charge is 2.27. The molecule has 1 unspecified atom stereocenters. The fourth-order valence-electron chi connectivity index (χ4n) is 3.83. The van der Waals surface area contributed by atoms with Gasteiger partial charge in [-0.25, -0.2) is 4.98 Å². The average Bonchev–Trinajstić information content (AvgIpc) is 3.26. The van der Waals surface area contributed by atoms with Crippen LogP contribution < -0.4 is 5.32 Å². The molecule has 1 aromatic carbocycles. The number of hydrogen-bond acceptors (Lipinski definition) is 4. The number of carbonyl (C=O) groups is 1. The molecular weight excluding hydrogens is 340 g/mol. The number of aromatic nitrogens is 2. The molecular formula is C21H30N4O2. The molecule has 1 aliphatic heterocycles. The maximum atomic E-state index is 12.7. The molecule has 6 nitrogen and oxygen atoms in total. The van der Waals surface area contributed by atoms with Crippen LogP contribution >= 0.6 is 0 Å². The second-order valence-corrected chi connectivity index (χ2v) is 7.02. The van der Waals surface area contributed by atoms with Crippen molar-refractivity contribution in [3.8, 4) is 5.69 Å². The van der Waals surface area contributed by atoms with Crippen LogP contribution in [0.4, 0.5) is 0 Å². The summed E-state index contributed by atoms with van der Waals surface area (Å²) in [7, 11) is 0. The highest BCUT2D eigenvalue weighted by molar-refractivity contribution is 5.94. The summed E-state index contributed by atoms with van der Waals surface area (Å²) < 4.78 is 7.42. The van der Waals surface area contributed by atoms with Crippen LogP contribution in [0.25, 0.3) is 5.69 Å². The van der Waals surface area contributed by atoms with Crippen LogP contribution in [-0.2, 0) is 4.74 Å². The van der Waals surface area contributed by atoms with Gasteiger partial charge < -0.3 is 14.6 Å². The fraction of sp³-hybridized carbons (Fsp3) is 0.524. The van der Waals surface area contributed by atoms with E-state index in [1.165, 1.54) is 0 Å². The maximum Gasteiger partial charge on any atom is 0.251 e. The van der Waals surface area contributed by atoms with Crippen molar-refractivity contribution in [3.63, 3.8) is 0 Å². The van der Waals surface area contributed by atoms with Gasteiger partial charge in [-0.15, -0.1) is 0 Å². The lowest BCUT2D eigenvalue weighted by Crippen LogP contribution is -2.52. The van der Waals surface area contributed by atoms with Gasteiger partial charge in [-0.3, -0.25) is 9.69 Å². The molecule has 1 saturated heterocycles. The fourth-order valence-corrected chi connectivity index (χ4v) is 3.83. The predicted octanol–water partition coefficient (Wildman–Crippen LogP) is 2.74. The summed E-state index contributed by atoms with van der Waals surface area (Å²) in [6.07, 6.45) is 7.61. The Kier molecular flexibility index (Phi) is 7.01. The number of ether oxygens (including phenoxy) is 1. The first-order valence-electron chi connectivity index (χ1n) is 9.91. The van der Waals surface area contributed by atoms with Gasteiger partial charge in [0, 0.05) is 49.3 Å². The SMILES string of the molecule is CCC(CC)C(CNC(=O)c1ccc(-n2ccnc2)cc1)N1CCOCC1. The molecule has 0 radical (unpaired) electrons. The molecule has 3 rings (SSSR count). The lowest BCUT2D eigenvalue weighted by molar-refractivity contribution is 0.00191. The smallest absolute Gasteiger partial charge is 0.251 e. The van der Waals surface area contributed by atoms with Crippen LogP contribution in [0.2, 0.25) is 0 Å². The number of amides is 1. The number of carbonyl (C=O) groups excluding carboxylic acids is 1. The second-order valence-electron chi connectivity index (χ2n) is 7.02. The highest BCUT2D eigenvalue weighted by atomic mass is 16.5. The minimum atomic E-state index is -0.0172. The molecule has 0 aliphatic carbocycles. The summed E-state index contributed by atoms with van der Waals surface area (Å²) in [5.74, 6) is 0.559. The molecule has 1 aliphatic rings. The van der Waals surface area contributed by atoms with Gasteiger partial charge in [-0.05, 0) is 30.2 Å². The van der Waals surface area contributed by atoms with E-state index in [9.17, 15) is 4.79 Å². The van der Waals surface area contributed by atoms with E-state index in [1.54, 1.807) is 12.5 Å². The van der Waals surface area contributed by atoms with Gasteiger partial charge in [0.25, 0.3) is 5.91 Å². The minimum Gasteiger partial charge on any atom is -0.379 e. The number of hydrogen-bond donors (Lipinski definition) is 1. The van der Waals surface area contributed by atoms with Crippen LogP contribution in [0, 0.1) is 5.92 Å². The first kappa shape index (κ1) is 19.6. The number of imidazole rings is 1. The monoisotopic (exact) mass is 370 g/mol. The van der Waals surface area contributed by atoms with Crippen LogP contribution in [0.15, 0.2) is 43.0 Å². The topological polar surface area (TPSA) is 59.4 Å². The summed E-state index contributed by atoms with van der Waals surface area (Å²) in [4.78, 5) is 19.2. The van der Waals surface area contributed by atoms with Crippen LogP contribution in [0.1, 0.15) is 37.0 Å². The molecule has 0 spiro atoms. The Bertz CT molecular complexity index is 689. The number of nitrogens with one attached hydrogen (secondary N) is 1. The van der Waals surface area contributed by atoms with Gasteiger partial charge in [-0.1, -0.05) is 26.7 Å². The molecule has 1 fully saturated rings. The molecule has 1 atom stereocenters. The standard InChI is InChI=1S/C21H30N4O2/c1-3-17(4-2)20(24-11-13-27-14-12-24)15-23-21(26)18-5-7-19(8-6-18)25-10-9-22-16-25/h5-10,16-17,20H,3-4,11-15H2,1-2H3,(H,23,26). The zero-order valence-corrected chi connectivity index (χ0v) is 16.3. The Morgan fingerprint density at radius 3 is 2.48 bits per heavy atom. The molecule has 1 N–H and O–H groups in total. The van der Waals surface area contributed by atoms with Crippen LogP contribution in [0.3, 0.4) is 0 Å². The van der Waals surface area contributed by atoms with E-state index >= 15 is 0 Å². The Balaban J connectivity index is 1.62. The van der Waals surface area contributed by atoms with E-state index in [0.29, 0.717) is 24.1 Å². The molecule has 0 saturated carbocycles. The van der Waals surface area contributed by atoms with Gasteiger partial charge >= 0.3 is 0 Å². The van der Waals surface area contributed by atoms with Crippen molar-refractivity contribution in [2.75, 3.05) is 32.8 Å². The zero-order chi connectivity index (χ0) is 19.1. The summed E-state index contributed by atoms with van der Waals surface area (Å²) in [6, 6.07) is 7.98. The number of morpholine rings is 1. The van der Waals surface area contributed by atoms with E-state index in [4.69, 9.17) is 4.74 Å². The van der Waals surface area contributed by atoms with E-state index < -0.39 is 0 Å². The van der Waals surface area contributed by atoms with Crippen molar-refractivity contribution in [1.29, 1.82) is 0 Å². The third kappa shape index (κ3) is 4.96. The summed E-state index contributed by atoms with van der Waals surface area (Å²) >= 11 is 0. The van der Waals surface area contributed by atoms with Gasteiger partial charge in [0.1, 0.15) is 0 Å². The van der Waals surface area contributed by atoms with Crippen molar-refractivity contribution in [3.05, 3.63) is 48.5 Å². The Morgan fingerprint density at radius 1 is 1.19 bits per heavy atom. The Morgan fingerprint density at radius 2 is 1.89 bits per heavy atom. The van der Waals surface area contributed by atoms with E-state index in [2.05, 4.69) is 29.0 Å². The molecule has 2 heterocycles. The number of rotatable bonds is 8. The van der Waals surface area contributed by atoms with E-state index in [-0.39, 0.29) is 5.91 Å². The normalized spacial score (nSPS) is 16.4.